The summed E-state index contributed by atoms with van der Waals surface area (Å²) in [5.74, 6) is 2.12. The first kappa shape index (κ1) is 25.3. The van der Waals surface area contributed by atoms with Crippen LogP contribution in [0.2, 0.25) is 0 Å². The number of carbonyl (C=O) groups excluding carboxylic acids is 1. The number of nitrogens with one attached hydrogen (secondary N) is 2. The normalized spacial score (nSPS) is 13.8. The van der Waals surface area contributed by atoms with Crippen LogP contribution in [0.1, 0.15) is 10.4 Å². The zero-order valence-corrected chi connectivity index (χ0v) is 21.7. The molecule has 196 valence electrons. The lowest BCUT2D eigenvalue weighted by Gasteiger charge is -2.36. The molecule has 0 saturated carbocycles. The fourth-order valence-electron chi connectivity index (χ4n) is 4.65. The maximum atomic E-state index is 13.1. The highest BCUT2D eigenvalue weighted by atomic mass is 16.5. The third kappa shape index (κ3) is 5.78. The molecular weight excluding hydrogens is 480 g/mol. The van der Waals surface area contributed by atoms with Crippen LogP contribution in [0.25, 0.3) is 10.9 Å². The highest BCUT2D eigenvalue weighted by Crippen LogP contribution is 2.29. The molecule has 2 heterocycles. The van der Waals surface area contributed by atoms with Gasteiger partial charge in [0.15, 0.2) is 0 Å². The largest absolute Gasteiger partial charge is 0.497 e. The quantitative estimate of drug-likeness (QED) is 0.349. The van der Waals surface area contributed by atoms with Gasteiger partial charge in [-0.25, -0.2) is 9.97 Å². The second-order valence-electron chi connectivity index (χ2n) is 9.07. The van der Waals surface area contributed by atoms with Crippen LogP contribution in [-0.2, 0) is 0 Å². The lowest BCUT2D eigenvalue weighted by molar-refractivity contribution is 0.0948. The van der Waals surface area contributed by atoms with E-state index in [1.807, 2.05) is 66.7 Å². The van der Waals surface area contributed by atoms with Crippen molar-refractivity contribution in [3.63, 3.8) is 0 Å². The van der Waals surface area contributed by atoms with Crippen molar-refractivity contribution in [3.8, 4) is 11.5 Å². The number of piperazine rings is 1. The number of nitrogens with zero attached hydrogens (tertiary/aromatic N) is 4. The Labute approximate surface area is 222 Å². The number of para-hydroxylation sites is 2. The number of methoxy groups -OCH3 is 2. The van der Waals surface area contributed by atoms with Crippen LogP contribution in [-0.4, -0.2) is 74.3 Å². The molecule has 1 aliphatic heterocycles. The van der Waals surface area contributed by atoms with Gasteiger partial charge in [0, 0.05) is 68.5 Å². The summed E-state index contributed by atoms with van der Waals surface area (Å²) in [4.78, 5) is 26.5. The molecule has 0 radical (unpaired) electrons. The second kappa shape index (κ2) is 11.8. The lowest BCUT2D eigenvalue weighted by Crippen LogP contribution is -2.48. The van der Waals surface area contributed by atoms with Crippen molar-refractivity contribution in [2.24, 2.45) is 0 Å². The van der Waals surface area contributed by atoms with Gasteiger partial charge in [0.1, 0.15) is 23.6 Å². The fourth-order valence-corrected chi connectivity index (χ4v) is 4.65. The zero-order valence-electron chi connectivity index (χ0n) is 21.7. The summed E-state index contributed by atoms with van der Waals surface area (Å²) in [6.45, 7) is 4.96. The highest BCUT2D eigenvalue weighted by Gasteiger charge is 2.19. The third-order valence-corrected chi connectivity index (χ3v) is 6.75. The van der Waals surface area contributed by atoms with Gasteiger partial charge in [0.25, 0.3) is 5.91 Å². The summed E-state index contributed by atoms with van der Waals surface area (Å²) < 4.78 is 10.8. The van der Waals surface area contributed by atoms with Crippen LogP contribution in [0.3, 0.4) is 0 Å². The fraction of sp³-hybridized carbons (Fsp3) is 0.276. The van der Waals surface area contributed by atoms with E-state index < -0.39 is 0 Å². The first-order valence-electron chi connectivity index (χ1n) is 12.7. The van der Waals surface area contributed by atoms with E-state index >= 15 is 0 Å². The van der Waals surface area contributed by atoms with E-state index in [1.54, 1.807) is 14.2 Å². The van der Waals surface area contributed by atoms with Gasteiger partial charge in [-0.15, -0.1) is 0 Å². The molecule has 1 aliphatic rings. The van der Waals surface area contributed by atoms with E-state index in [9.17, 15) is 4.79 Å². The molecule has 0 bridgehead atoms. The van der Waals surface area contributed by atoms with Crippen LogP contribution in [0.15, 0.2) is 73.1 Å². The molecular formula is C29H32N6O3. The van der Waals surface area contributed by atoms with Crippen LogP contribution < -0.4 is 25.0 Å². The molecule has 0 aliphatic carbocycles. The Balaban J connectivity index is 1.15. The molecule has 38 heavy (non-hydrogen) atoms. The van der Waals surface area contributed by atoms with E-state index in [4.69, 9.17) is 9.47 Å². The topological polar surface area (TPSA) is 91.9 Å². The molecule has 1 saturated heterocycles. The average Bonchev–Trinajstić information content (AvgIpc) is 2.97. The predicted octanol–water partition coefficient (Wildman–Crippen LogP) is 3.94. The minimum absolute atomic E-state index is 0.117. The standard InChI is InChI=1S/C29H32N6O3/c1-37-22-17-21(18-23(19-22)38-2)35-15-13-34(14-16-35)12-11-30-29(36)25-8-4-6-10-27(25)33-28-24-7-3-5-9-26(24)31-20-32-28/h3-10,17-20H,11-16H2,1-2H3,(H,30,36)(H,31,32,33). The molecule has 0 unspecified atom stereocenters. The van der Waals surface area contributed by atoms with E-state index in [-0.39, 0.29) is 5.91 Å². The van der Waals surface area contributed by atoms with Crippen molar-refractivity contribution >= 4 is 34.0 Å². The maximum Gasteiger partial charge on any atom is 0.253 e. The molecule has 3 aromatic carbocycles. The molecule has 1 amide bonds. The van der Waals surface area contributed by atoms with Crippen molar-refractivity contribution in [1.82, 2.24) is 20.2 Å². The van der Waals surface area contributed by atoms with Crippen molar-refractivity contribution < 1.29 is 14.3 Å². The number of fused-ring (bicyclic) bond motifs is 1. The molecule has 0 atom stereocenters. The Hall–Kier alpha value is -4.37. The Morgan fingerprint density at radius 1 is 0.895 bits per heavy atom. The molecule has 9 nitrogen and oxygen atoms in total. The summed E-state index contributed by atoms with van der Waals surface area (Å²) in [5.41, 5.74) is 3.22. The van der Waals surface area contributed by atoms with E-state index in [1.165, 1.54) is 6.33 Å². The molecule has 5 rings (SSSR count). The van der Waals surface area contributed by atoms with Crippen LogP contribution in [0, 0.1) is 0 Å². The van der Waals surface area contributed by atoms with E-state index in [0.717, 1.165) is 60.8 Å². The summed E-state index contributed by atoms with van der Waals surface area (Å²) in [7, 11) is 3.33. The molecule has 4 aromatic rings. The Morgan fingerprint density at radius 2 is 1.61 bits per heavy atom. The summed E-state index contributed by atoms with van der Waals surface area (Å²) in [6.07, 6.45) is 1.53. The molecule has 9 heteroatoms. The predicted molar refractivity (Wildman–Crippen MR) is 150 cm³/mol. The van der Waals surface area contributed by atoms with Crippen molar-refractivity contribution in [2.45, 2.75) is 0 Å². The molecule has 1 fully saturated rings. The first-order valence-corrected chi connectivity index (χ1v) is 12.7. The van der Waals surface area contributed by atoms with Crippen LogP contribution >= 0.6 is 0 Å². The number of amides is 1. The van der Waals surface area contributed by atoms with E-state index in [0.29, 0.717) is 23.6 Å². The number of benzene rings is 3. The monoisotopic (exact) mass is 512 g/mol. The Morgan fingerprint density at radius 3 is 2.37 bits per heavy atom. The summed E-state index contributed by atoms with van der Waals surface area (Å²) in [6, 6.07) is 21.2. The maximum absolute atomic E-state index is 13.1. The number of rotatable bonds is 9. The van der Waals surface area contributed by atoms with Crippen molar-refractivity contribution in [3.05, 3.63) is 78.6 Å². The highest BCUT2D eigenvalue weighted by molar-refractivity contribution is 6.01. The van der Waals surface area contributed by atoms with E-state index in [2.05, 4.69) is 30.4 Å². The van der Waals surface area contributed by atoms with Gasteiger partial charge in [-0.2, -0.15) is 0 Å². The number of anilines is 3. The minimum atomic E-state index is -0.117. The molecule has 1 aromatic heterocycles. The average molecular weight is 513 g/mol. The summed E-state index contributed by atoms with van der Waals surface area (Å²) in [5, 5.41) is 7.31. The van der Waals surface area contributed by atoms with Gasteiger partial charge < -0.3 is 25.0 Å². The van der Waals surface area contributed by atoms with Gasteiger partial charge in [0.05, 0.1) is 31.0 Å². The second-order valence-corrected chi connectivity index (χ2v) is 9.07. The number of aromatic nitrogens is 2. The Bertz CT molecular complexity index is 1380. The molecule has 2 N–H and O–H groups in total. The van der Waals surface area contributed by atoms with Gasteiger partial charge in [-0.3, -0.25) is 9.69 Å². The Kier molecular flexibility index (Phi) is 7.84. The molecule has 0 spiro atoms. The van der Waals surface area contributed by atoms with Gasteiger partial charge in [-0.05, 0) is 24.3 Å². The SMILES string of the molecule is COc1cc(OC)cc(N2CCN(CCNC(=O)c3ccccc3Nc3ncnc4ccccc34)CC2)c1. The van der Waals surface area contributed by atoms with Gasteiger partial charge in [-0.1, -0.05) is 24.3 Å². The number of hydrogen-bond donors (Lipinski definition) is 2. The van der Waals surface area contributed by atoms with Gasteiger partial charge in [0.2, 0.25) is 0 Å². The summed E-state index contributed by atoms with van der Waals surface area (Å²) >= 11 is 0. The minimum Gasteiger partial charge on any atom is -0.497 e. The van der Waals surface area contributed by atoms with Crippen LogP contribution in [0.4, 0.5) is 17.2 Å². The first-order chi connectivity index (χ1) is 18.6. The smallest absolute Gasteiger partial charge is 0.253 e. The van der Waals surface area contributed by atoms with Crippen molar-refractivity contribution in [1.29, 1.82) is 0 Å². The van der Waals surface area contributed by atoms with Crippen LogP contribution in [0.5, 0.6) is 11.5 Å². The lowest BCUT2D eigenvalue weighted by atomic mass is 10.1. The zero-order chi connectivity index (χ0) is 26.3. The number of carbonyl (C=O) groups is 1. The number of hydrogen-bond acceptors (Lipinski definition) is 8. The van der Waals surface area contributed by atoms with Gasteiger partial charge >= 0.3 is 0 Å². The van der Waals surface area contributed by atoms with Crippen molar-refractivity contribution in [2.75, 3.05) is 63.7 Å². The third-order valence-electron chi connectivity index (χ3n) is 6.75. The number of ether oxygens (including phenoxy) is 2.